The fourth-order valence-corrected chi connectivity index (χ4v) is 2.87. The molecule has 27 heavy (non-hydrogen) atoms. The van der Waals surface area contributed by atoms with Crippen LogP contribution in [0.1, 0.15) is 40.2 Å². The van der Waals surface area contributed by atoms with Gasteiger partial charge in [-0.3, -0.25) is 9.78 Å². The highest BCUT2D eigenvalue weighted by atomic mass is 19.1. The maximum Gasteiger partial charge on any atom is 0.251 e. The lowest BCUT2D eigenvalue weighted by molar-refractivity contribution is 0.0950. The van der Waals surface area contributed by atoms with E-state index in [9.17, 15) is 9.18 Å². The van der Waals surface area contributed by atoms with Crippen LogP contribution in [-0.2, 0) is 6.54 Å². The molecule has 3 aromatic rings. The van der Waals surface area contributed by atoms with Gasteiger partial charge < -0.3 is 10.1 Å². The molecule has 5 heteroatoms. The SMILES string of the molecule is O=C(NCc1cncc(C2CC2)c1)c1cccc(Oc2ccc(F)cc2)c1. The summed E-state index contributed by atoms with van der Waals surface area (Å²) in [6, 6.07) is 14.8. The van der Waals surface area contributed by atoms with Gasteiger partial charge in [0.1, 0.15) is 17.3 Å². The number of rotatable bonds is 6. The second-order valence-electron chi connectivity index (χ2n) is 6.67. The molecule has 136 valence electrons. The molecule has 1 aliphatic rings. The Morgan fingerprint density at radius 1 is 1.07 bits per heavy atom. The lowest BCUT2D eigenvalue weighted by Gasteiger charge is -2.09. The Balaban J connectivity index is 1.39. The molecule has 0 unspecified atom stereocenters. The van der Waals surface area contributed by atoms with Crippen molar-refractivity contribution in [3.63, 3.8) is 0 Å². The quantitative estimate of drug-likeness (QED) is 0.684. The summed E-state index contributed by atoms with van der Waals surface area (Å²) < 4.78 is 18.7. The van der Waals surface area contributed by atoms with E-state index in [1.807, 2.05) is 6.20 Å². The zero-order chi connectivity index (χ0) is 18.6. The van der Waals surface area contributed by atoms with Crippen molar-refractivity contribution in [1.29, 1.82) is 0 Å². The minimum Gasteiger partial charge on any atom is -0.457 e. The zero-order valence-electron chi connectivity index (χ0n) is 14.7. The molecular formula is C22H19FN2O2. The smallest absolute Gasteiger partial charge is 0.251 e. The summed E-state index contributed by atoms with van der Waals surface area (Å²) >= 11 is 0. The van der Waals surface area contributed by atoms with Crippen molar-refractivity contribution in [2.45, 2.75) is 25.3 Å². The van der Waals surface area contributed by atoms with Gasteiger partial charge in [0.15, 0.2) is 0 Å². The highest BCUT2D eigenvalue weighted by Gasteiger charge is 2.23. The van der Waals surface area contributed by atoms with Crippen molar-refractivity contribution in [3.8, 4) is 11.5 Å². The predicted octanol–water partition coefficient (Wildman–Crippen LogP) is 4.82. The average Bonchev–Trinajstić information content (AvgIpc) is 3.54. The van der Waals surface area contributed by atoms with Crippen molar-refractivity contribution in [2.75, 3.05) is 0 Å². The standard InChI is InChI=1S/C22H19FN2O2/c23-19-6-8-20(9-7-19)27-21-3-1-2-17(11-21)22(26)25-13-15-10-18(14-24-12-15)16-4-5-16/h1-3,6-12,14,16H,4-5,13H2,(H,25,26). The first kappa shape index (κ1) is 17.2. The van der Waals surface area contributed by atoms with Crippen molar-refractivity contribution >= 4 is 5.91 Å². The molecule has 0 atom stereocenters. The van der Waals surface area contributed by atoms with Crippen molar-refractivity contribution in [2.24, 2.45) is 0 Å². The molecule has 0 saturated heterocycles. The minimum atomic E-state index is -0.323. The third-order valence-electron chi connectivity index (χ3n) is 4.46. The Morgan fingerprint density at radius 2 is 1.89 bits per heavy atom. The van der Waals surface area contributed by atoms with E-state index in [2.05, 4.69) is 16.4 Å². The van der Waals surface area contributed by atoms with Gasteiger partial charge in [-0.25, -0.2) is 4.39 Å². The number of amides is 1. The molecule has 0 aliphatic heterocycles. The van der Waals surface area contributed by atoms with Crippen LogP contribution in [-0.4, -0.2) is 10.9 Å². The van der Waals surface area contributed by atoms with Crippen LogP contribution in [0.15, 0.2) is 67.0 Å². The predicted molar refractivity (Wildman–Crippen MR) is 100 cm³/mol. The number of pyridine rings is 1. The molecule has 1 heterocycles. The summed E-state index contributed by atoms with van der Waals surface area (Å²) in [6.45, 7) is 0.426. The van der Waals surface area contributed by atoms with Crippen LogP contribution in [0.4, 0.5) is 4.39 Å². The van der Waals surface area contributed by atoms with Gasteiger partial charge in [-0.1, -0.05) is 12.1 Å². The largest absolute Gasteiger partial charge is 0.457 e. The molecule has 1 saturated carbocycles. The Kier molecular flexibility index (Phi) is 4.83. The molecule has 0 spiro atoms. The number of nitrogens with one attached hydrogen (secondary N) is 1. The first-order valence-electron chi connectivity index (χ1n) is 8.93. The second-order valence-corrected chi connectivity index (χ2v) is 6.67. The minimum absolute atomic E-state index is 0.184. The summed E-state index contributed by atoms with van der Waals surface area (Å²) in [7, 11) is 0. The first-order valence-corrected chi connectivity index (χ1v) is 8.93. The van der Waals surface area contributed by atoms with Crippen LogP contribution in [0.5, 0.6) is 11.5 Å². The Morgan fingerprint density at radius 3 is 2.67 bits per heavy atom. The number of aromatic nitrogens is 1. The van der Waals surface area contributed by atoms with E-state index in [-0.39, 0.29) is 11.7 Å². The molecule has 1 fully saturated rings. The molecule has 0 radical (unpaired) electrons. The zero-order valence-corrected chi connectivity index (χ0v) is 14.7. The fraction of sp³-hybridized carbons (Fsp3) is 0.182. The molecule has 1 amide bonds. The highest BCUT2D eigenvalue weighted by molar-refractivity contribution is 5.94. The van der Waals surface area contributed by atoms with Crippen LogP contribution in [0, 0.1) is 5.82 Å². The monoisotopic (exact) mass is 362 g/mol. The maximum atomic E-state index is 13.0. The number of nitrogens with zero attached hydrogens (tertiary/aromatic N) is 1. The van der Waals surface area contributed by atoms with Crippen LogP contribution < -0.4 is 10.1 Å². The number of benzene rings is 2. The van der Waals surface area contributed by atoms with Gasteiger partial charge >= 0.3 is 0 Å². The van der Waals surface area contributed by atoms with Gasteiger partial charge in [-0.05, 0) is 72.4 Å². The van der Waals surface area contributed by atoms with Crippen molar-refractivity contribution in [1.82, 2.24) is 10.3 Å². The van der Waals surface area contributed by atoms with E-state index in [1.165, 1.54) is 30.5 Å². The maximum absolute atomic E-state index is 13.0. The van der Waals surface area contributed by atoms with Gasteiger partial charge in [0.2, 0.25) is 0 Å². The van der Waals surface area contributed by atoms with E-state index in [4.69, 9.17) is 4.74 Å². The molecule has 1 N–H and O–H groups in total. The Bertz CT molecular complexity index is 953. The molecule has 4 rings (SSSR count). The van der Waals surface area contributed by atoms with E-state index < -0.39 is 0 Å². The summed E-state index contributed by atoms with van der Waals surface area (Å²) in [5.41, 5.74) is 2.74. The number of ether oxygens (including phenoxy) is 1. The van der Waals surface area contributed by atoms with Gasteiger partial charge in [-0.2, -0.15) is 0 Å². The molecule has 1 aromatic heterocycles. The van der Waals surface area contributed by atoms with Crippen molar-refractivity contribution < 1.29 is 13.9 Å². The third-order valence-corrected chi connectivity index (χ3v) is 4.46. The molecule has 2 aromatic carbocycles. The molecule has 0 bridgehead atoms. The first-order chi connectivity index (χ1) is 13.2. The average molecular weight is 362 g/mol. The van der Waals surface area contributed by atoms with Gasteiger partial charge in [0.25, 0.3) is 5.91 Å². The van der Waals surface area contributed by atoms with Crippen LogP contribution in [0.2, 0.25) is 0 Å². The summed E-state index contributed by atoms with van der Waals surface area (Å²) in [6.07, 6.45) is 6.12. The van der Waals surface area contributed by atoms with Crippen LogP contribution in [0.25, 0.3) is 0 Å². The molecular weight excluding hydrogens is 343 g/mol. The normalized spacial score (nSPS) is 13.2. The number of carbonyl (C=O) groups is 1. The molecule has 4 nitrogen and oxygen atoms in total. The number of halogens is 1. The van der Waals surface area contributed by atoms with Gasteiger partial charge in [0, 0.05) is 24.5 Å². The summed E-state index contributed by atoms with van der Waals surface area (Å²) in [5.74, 6) is 1.16. The second kappa shape index (κ2) is 7.58. The number of hydrogen-bond donors (Lipinski definition) is 1. The Hall–Kier alpha value is -3.21. The summed E-state index contributed by atoms with van der Waals surface area (Å²) in [5, 5.41) is 2.92. The number of hydrogen-bond acceptors (Lipinski definition) is 3. The van der Waals surface area contributed by atoms with Crippen LogP contribution >= 0.6 is 0 Å². The lowest BCUT2D eigenvalue weighted by atomic mass is 10.1. The Labute approximate surface area is 157 Å². The molecule has 1 aliphatic carbocycles. The van der Waals surface area contributed by atoms with E-state index in [0.29, 0.717) is 29.5 Å². The highest BCUT2D eigenvalue weighted by Crippen LogP contribution is 2.39. The van der Waals surface area contributed by atoms with E-state index in [0.717, 1.165) is 5.56 Å². The topological polar surface area (TPSA) is 51.2 Å². The lowest BCUT2D eigenvalue weighted by Crippen LogP contribution is -2.22. The van der Waals surface area contributed by atoms with Gasteiger partial charge in [0.05, 0.1) is 0 Å². The van der Waals surface area contributed by atoms with E-state index in [1.54, 1.807) is 42.6 Å². The third kappa shape index (κ3) is 4.50. The summed E-state index contributed by atoms with van der Waals surface area (Å²) in [4.78, 5) is 16.7. The van der Waals surface area contributed by atoms with Crippen molar-refractivity contribution in [3.05, 3.63) is 89.5 Å². The van der Waals surface area contributed by atoms with E-state index >= 15 is 0 Å². The van der Waals surface area contributed by atoms with Gasteiger partial charge in [-0.15, -0.1) is 0 Å². The number of carbonyl (C=O) groups excluding carboxylic acids is 1. The fourth-order valence-electron chi connectivity index (χ4n) is 2.87. The van der Waals surface area contributed by atoms with Crippen LogP contribution in [0.3, 0.4) is 0 Å².